The molecule has 0 saturated heterocycles. The summed E-state index contributed by atoms with van der Waals surface area (Å²) in [4.78, 5) is 0. The Morgan fingerprint density at radius 3 is 2.60 bits per heavy atom. The molecule has 0 heterocycles. The highest BCUT2D eigenvalue weighted by atomic mass is 19.1. The van der Waals surface area contributed by atoms with Crippen molar-refractivity contribution in [2.75, 3.05) is 5.32 Å². The molecule has 0 aliphatic carbocycles. The standard InChI is InChI=1S/C11H12BFN2/c1-7(6-12)15-9-3-4-10(8(2)14)11(13)5-9/h3-5,15H,1-2,6,14H2. The van der Waals surface area contributed by atoms with Gasteiger partial charge in [-0.25, -0.2) is 4.39 Å². The molecule has 2 radical (unpaired) electrons. The number of anilines is 1. The van der Waals surface area contributed by atoms with Crippen LogP contribution in [0.25, 0.3) is 5.70 Å². The van der Waals surface area contributed by atoms with Crippen LogP contribution in [0.4, 0.5) is 10.1 Å². The summed E-state index contributed by atoms with van der Waals surface area (Å²) in [6.07, 6.45) is 0.299. The summed E-state index contributed by atoms with van der Waals surface area (Å²) in [7, 11) is 5.35. The highest BCUT2D eigenvalue weighted by Crippen LogP contribution is 2.19. The van der Waals surface area contributed by atoms with Gasteiger partial charge in [-0.2, -0.15) is 0 Å². The zero-order valence-electron chi connectivity index (χ0n) is 8.39. The van der Waals surface area contributed by atoms with E-state index in [0.717, 1.165) is 0 Å². The van der Waals surface area contributed by atoms with Gasteiger partial charge in [0.25, 0.3) is 0 Å². The second-order valence-electron chi connectivity index (χ2n) is 3.15. The highest BCUT2D eigenvalue weighted by Gasteiger charge is 2.04. The lowest BCUT2D eigenvalue weighted by molar-refractivity contribution is 0.624. The Kier molecular flexibility index (Phi) is 3.55. The molecule has 4 heteroatoms. The van der Waals surface area contributed by atoms with Gasteiger partial charge in [-0.1, -0.05) is 19.5 Å². The molecule has 0 aliphatic heterocycles. The van der Waals surface area contributed by atoms with Gasteiger partial charge >= 0.3 is 0 Å². The molecule has 1 aromatic carbocycles. The average Bonchev–Trinajstić information content (AvgIpc) is 2.17. The first-order valence-electron chi connectivity index (χ1n) is 4.43. The Bertz CT molecular complexity index is 402. The number of rotatable bonds is 4. The molecule has 2 nitrogen and oxygen atoms in total. The average molecular weight is 202 g/mol. The van der Waals surface area contributed by atoms with Gasteiger partial charge < -0.3 is 11.1 Å². The van der Waals surface area contributed by atoms with Crippen molar-refractivity contribution < 1.29 is 4.39 Å². The fourth-order valence-electron chi connectivity index (χ4n) is 1.11. The van der Waals surface area contributed by atoms with E-state index in [0.29, 0.717) is 23.3 Å². The smallest absolute Gasteiger partial charge is 0.134 e. The van der Waals surface area contributed by atoms with Crippen LogP contribution in [0, 0.1) is 5.82 Å². The molecule has 0 spiro atoms. The molecule has 0 unspecified atom stereocenters. The number of nitrogens with one attached hydrogen (secondary N) is 1. The second-order valence-corrected chi connectivity index (χ2v) is 3.15. The topological polar surface area (TPSA) is 38.0 Å². The number of halogens is 1. The molecule has 0 fully saturated rings. The summed E-state index contributed by atoms with van der Waals surface area (Å²) in [6.45, 7) is 7.13. The predicted molar refractivity (Wildman–Crippen MR) is 62.9 cm³/mol. The molecule has 0 amide bonds. The van der Waals surface area contributed by atoms with Crippen molar-refractivity contribution in [3.63, 3.8) is 0 Å². The number of benzene rings is 1. The first kappa shape index (κ1) is 11.4. The van der Waals surface area contributed by atoms with Gasteiger partial charge in [0.15, 0.2) is 0 Å². The quantitative estimate of drug-likeness (QED) is 0.735. The van der Waals surface area contributed by atoms with Crippen molar-refractivity contribution in [2.45, 2.75) is 6.32 Å². The third kappa shape index (κ3) is 2.87. The van der Waals surface area contributed by atoms with E-state index in [1.165, 1.54) is 6.07 Å². The first-order chi connectivity index (χ1) is 7.04. The van der Waals surface area contributed by atoms with Crippen LogP contribution in [-0.2, 0) is 0 Å². The molecule has 1 aromatic rings. The summed E-state index contributed by atoms with van der Waals surface area (Å²) >= 11 is 0. The zero-order chi connectivity index (χ0) is 11.4. The van der Waals surface area contributed by atoms with Gasteiger partial charge in [0.1, 0.15) is 5.82 Å². The normalized spacial score (nSPS) is 9.67. The lowest BCUT2D eigenvalue weighted by Crippen LogP contribution is -2.01. The highest BCUT2D eigenvalue weighted by molar-refractivity contribution is 6.10. The summed E-state index contributed by atoms with van der Waals surface area (Å²) in [5.74, 6) is -0.419. The molecule has 1 rings (SSSR count). The van der Waals surface area contributed by atoms with E-state index >= 15 is 0 Å². The Balaban J connectivity index is 2.91. The van der Waals surface area contributed by atoms with Crippen molar-refractivity contribution in [2.24, 2.45) is 5.73 Å². The maximum atomic E-state index is 13.4. The Labute approximate surface area is 90.1 Å². The van der Waals surface area contributed by atoms with Gasteiger partial charge in [0.2, 0.25) is 0 Å². The van der Waals surface area contributed by atoms with Gasteiger partial charge in [0, 0.05) is 16.9 Å². The lowest BCUT2D eigenvalue weighted by atomic mass is 10.0. The molecule has 0 bridgehead atoms. The van der Waals surface area contributed by atoms with Crippen LogP contribution in [-0.4, -0.2) is 7.85 Å². The lowest BCUT2D eigenvalue weighted by Gasteiger charge is -2.09. The van der Waals surface area contributed by atoms with Crippen LogP contribution >= 0.6 is 0 Å². The Morgan fingerprint density at radius 2 is 2.13 bits per heavy atom. The third-order valence-electron chi connectivity index (χ3n) is 1.88. The number of hydrogen-bond acceptors (Lipinski definition) is 2. The van der Waals surface area contributed by atoms with Gasteiger partial charge in [-0.3, -0.25) is 0 Å². The molecular formula is C11H12BFN2. The van der Waals surface area contributed by atoms with Gasteiger partial charge in [0.05, 0.1) is 7.85 Å². The summed E-state index contributed by atoms with van der Waals surface area (Å²) < 4.78 is 13.4. The summed E-state index contributed by atoms with van der Waals surface area (Å²) in [5.41, 5.74) is 7.12. The predicted octanol–water partition coefficient (Wildman–Crippen LogP) is 2.27. The molecule has 3 N–H and O–H groups in total. The van der Waals surface area contributed by atoms with Crippen LogP contribution in [0.3, 0.4) is 0 Å². The molecule has 15 heavy (non-hydrogen) atoms. The third-order valence-corrected chi connectivity index (χ3v) is 1.88. The van der Waals surface area contributed by atoms with Crippen LogP contribution < -0.4 is 11.1 Å². The van der Waals surface area contributed by atoms with Crippen molar-refractivity contribution in [1.82, 2.24) is 0 Å². The largest absolute Gasteiger partial charge is 0.399 e. The van der Waals surface area contributed by atoms with E-state index < -0.39 is 5.82 Å². The second kappa shape index (κ2) is 4.69. The SMILES string of the molecule is [B]CC(=C)Nc1ccc(C(=C)N)c(F)c1. The van der Waals surface area contributed by atoms with Crippen LogP contribution in [0.5, 0.6) is 0 Å². The monoisotopic (exact) mass is 202 g/mol. The Hall–Kier alpha value is -1.71. The van der Waals surface area contributed by atoms with E-state index in [1.54, 1.807) is 12.1 Å². The van der Waals surface area contributed by atoms with Crippen molar-refractivity contribution in [3.8, 4) is 0 Å². The summed E-state index contributed by atoms with van der Waals surface area (Å²) in [5, 5.41) is 2.87. The molecule has 0 atom stereocenters. The van der Waals surface area contributed by atoms with E-state index in [2.05, 4.69) is 18.5 Å². The number of nitrogens with two attached hydrogens (primary N) is 1. The van der Waals surface area contributed by atoms with E-state index in [1.807, 2.05) is 0 Å². The van der Waals surface area contributed by atoms with Crippen molar-refractivity contribution in [1.29, 1.82) is 0 Å². The van der Waals surface area contributed by atoms with E-state index in [9.17, 15) is 4.39 Å². The van der Waals surface area contributed by atoms with Crippen LogP contribution in [0.2, 0.25) is 6.32 Å². The minimum Gasteiger partial charge on any atom is -0.399 e. The fraction of sp³-hybridized carbons (Fsp3) is 0.0909. The summed E-state index contributed by atoms with van der Waals surface area (Å²) in [6, 6.07) is 4.58. The fourth-order valence-corrected chi connectivity index (χ4v) is 1.11. The van der Waals surface area contributed by atoms with Gasteiger partial charge in [-0.15, -0.1) is 0 Å². The van der Waals surface area contributed by atoms with Crippen molar-refractivity contribution >= 4 is 19.2 Å². The molecule has 0 saturated carbocycles. The molecule has 0 aliphatic rings. The Morgan fingerprint density at radius 1 is 1.47 bits per heavy atom. The number of hydrogen-bond donors (Lipinski definition) is 2. The van der Waals surface area contributed by atoms with Gasteiger partial charge in [-0.05, 0) is 23.9 Å². The zero-order valence-corrected chi connectivity index (χ0v) is 8.39. The van der Waals surface area contributed by atoms with Crippen molar-refractivity contribution in [3.05, 3.63) is 48.4 Å². The maximum absolute atomic E-state index is 13.4. The van der Waals surface area contributed by atoms with E-state index in [-0.39, 0.29) is 5.70 Å². The van der Waals surface area contributed by atoms with Crippen LogP contribution in [0.1, 0.15) is 5.56 Å². The number of allylic oxidation sites excluding steroid dienone is 1. The molecule has 76 valence electrons. The minimum atomic E-state index is -0.419. The van der Waals surface area contributed by atoms with Crippen LogP contribution in [0.15, 0.2) is 37.1 Å². The molecule has 0 aromatic heterocycles. The molecular weight excluding hydrogens is 190 g/mol. The van der Waals surface area contributed by atoms with E-state index in [4.69, 9.17) is 13.6 Å². The minimum absolute atomic E-state index is 0.205. The maximum Gasteiger partial charge on any atom is 0.134 e. The first-order valence-corrected chi connectivity index (χ1v) is 4.43.